The lowest BCUT2D eigenvalue weighted by molar-refractivity contribution is 0.102. The maximum atomic E-state index is 12.5. The minimum Gasteiger partial charge on any atom is -0.497 e. The Hall–Kier alpha value is -3.14. The molecule has 0 bridgehead atoms. The molecule has 0 aliphatic heterocycles. The number of nitrogens with one attached hydrogen (secondary N) is 1. The summed E-state index contributed by atoms with van der Waals surface area (Å²) in [6.07, 6.45) is 4.29. The normalized spacial score (nSPS) is 10.3. The lowest BCUT2D eigenvalue weighted by Gasteiger charge is -2.08. The summed E-state index contributed by atoms with van der Waals surface area (Å²) in [7, 11) is 1.63. The van der Waals surface area contributed by atoms with Crippen LogP contribution in [0.4, 0.5) is 5.69 Å². The number of rotatable bonds is 5. The van der Waals surface area contributed by atoms with Gasteiger partial charge in [-0.25, -0.2) is 0 Å². The largest absolute Gasteiger partial charge is 0.497 e. The van der Waals surface area contributed by atoms with E-state index in [1.165, 1.54) is 5.56 Å². The smallest absolute Gasteiger partial charge is 0.257 e. The summed E-state index contributed by atoms with van der Waals surface area (Å²) in [5.74, 6) is 0.619. The quantitative estimate of drug-likeness (QED) is 0.744. The first-order valence-electron chi connectivity index (χ1n) is 8.19. The fraction of sp³-hybridized carbons (Fsp3) is 0.143. The minimum atomic E-state index is -0.174. The molecule has 0 aliphatic rings. The number of methoxy groups -OCH3 is 1. The summed E-state index contributed by atoms with van der Waals surface area (Å²) in [6, 6.07) is 17.4. The van der Waals surface area contributed by atoms with Crippen molar-refractivity contribution >= 4 is 11.6 Å². The Labute approximate surface area is 147 Å². The van der Waals surface area contributed by atoms with Gasteiger partial charge in [0.25, 0.3) is 5.91 Å². The number of ether oxygens (including phenoxy) is 1. The first-order valence-corrected chi connectivity index (χ1v) is 8.19. The monoisotopic (exact) mass is 332 g/mol. The number of amides is 1. The third-order valence-electron chi connectivity index (χ3n) is 4.04. The number of carbonyl (C=O) groups excluding carboxylic acids is 1. The molecule has 0 saturated heterocycles. The number of hydrogen-bond acceptors (Lipinski definition) is 3. The minimum absolute atomic E-state index is 0.174. The molecule has 0 unspecified atom stereocenters. The van der Waals surface area contributed by atoms with Crippen molar-refractivity contribution in [3.05, 3.63) is 78.1 Å². The highest BCUT2D eigenvalue weighted by Gasteiger charge is 2.09. The number of carbonyl (C=O) groups is 1. The maximum absolute atomic E-state index is 12.5. The van der Waals surface area contributed by atoms with Crippen molar-refractivity contribution in [1.29, 1.82) is 0 Å². The molecule has 3 aromatic rings. The first-order chi connectivity index (χ1) is 12.2. The van der Waals surface area contributed by atoms with Crippen LogP contribution in [-0.4, -0.2) is 18.0 Å². The molecule has 0 aliphatic carbocycles. The van der Waals surface area contributed by atoms with Crippen molar-refractivity contribution in [3.63, 3.8) is 0 Å². The highest BCUT2D eigenvalue weighted by Crippen LogP contribution is 2.23. The van der Waals surface area contributed by atoms with Crippen molar-refractivity contribution in [2.24, 2.45) is 0 Å². The standard InChI is InChI=1S/C21H20N2O2/c1-3-15-4-8-19(9-5-15)23-21(24)18-12-17(13-22-14-18)16-6-10-20(25-2)11-7-16/h4-14H,3H2,1-2H3,(H,23,24). The molecule has 0 atom stereocenters. The van der Waals surface area contributed by atoms with Crippen molar-refractivity contribution < 1.29 is 9.53 Å². The summed E-state index contributed by atoms with van der Waals surface area (Å²) in [4.78, 5) is 16.7. The van der Waals surface area contributed by atoms with Crippen molar-refractivity contribution in [2.75, 3.05) is 12.4 Å². The molecule has 1 heterocycles. The molecular weight excluding hydrogens is 312 g/mol. The Bertz CT molecular complexity index is 856. The predicted molar refractivity (Wildman–Crippen MR) is 100.0 cm³/mol. The van der Waals surface area contributed by atoms with Crippen LogP contribution in [0.3, 0.4) is 0 Å². The highest BCUT2D eigenvalue weighted by molar-refractivity contribution is 6.04. The number of benzene rings is 2. The number of pyridine rings is 1. The molecule has 0 fully saturated rings. The van der Waals surface area contributed by atoms with Crippen LogP contribution in [-0.2, 0) is 6.42 Å². The Morgan fingerprint density at radius 3 is 2.36 bits per heavy atom. The van der Waals surface area contributed by atoms with Crippen LogP contribution in [0, 0.1) is 0 Å². The van der Waals surface area contributed by atoms with Gasteiger partial charge in [-0.1, -0.05) is 31.2 Å². The van der Waals surface area contributed by atoms with Gasteiger partial charge in [-0.05, 0) is 47.9 Å². The molecule has 1 aromatic heterocycles. The lowest BCUT2D eigenvalue weighted by atomic mass is 10.1. The SMILES string of the molecule is CCc1ccc(NC(=O)c2cncc(-c3ccc(OC)cc3)c2)cc1. The summed E-state index contributed by atoms with van der Waals surface area (Å²) in [5.41, 5.74) is 4.40. The van der Waals surface area contributed by atoms with E-state index in [1.54, 1.807) is 19.5 Å². The topological polar surface area (TPSA) is 51.2 Å². The Morgan fingerprint density at radius 1 is 1.00 bits per heavy atom. The van der Waals surface area contributed by atoms with Crippen molar-refractivity contribution in [1.82, 2.24) is 4.98 Å². The molecule has 0 spiro atoms. The van der Waals surface area contributed by atoms with Crippen molar-refractivity contribution in [2.45, 2.75) is 13.3 Å². The molecule has 4 heteroatoms. The summed E-state index contributed by atoms with van der Waals surface area (Å²) >= 11 is 0. The lowest BCUT2D eigenvalue weighted by Crippen LogP contribution is -2.12. The summed E-state index contributed by atoms with van der Waals surface area (Å²) < 4.78 is 5.17. The van der Waals surface area contributed by atoms with E-state index < -0.39 is 0 Å². The second-order valence-electron chi connectivity index (χ2n) is 5.70. The van der Waals surface area contributed by atoms with Crippen LogP contribution in [0.5, 0.6) is 5.75 Å². The fourth-order valence-corrected chi connectivity index (χ4v) is 2.53. The van der Waals surface area contributed by atoms with Gasteiger partial charge in [-0.2, -0.15) is 0 Å². The third kappa shape index (κ3) is 4.04. The average Bonchev–Trinajstić information content (AvgIpc) is 2.68. The van der Waals surface area contributed by atoms with Gasteiger partial charge >= 0.3 is 0 Å². The predicted octanol–water partition coefficient (Wildman–Crippen LogP) is 4.57. The van der Waals surface area contributed by atoms with Gasteiger partial charge in [0, 0.05) is 23.6 Å². The van der Waals surface area contributed by atoms with Crippen molar-refractivity contribution in [3.8, 4) is 16.9 Å². The zero-order valence-electron chi connectivity index (χ0n) is 14.3. The van der Waals surface area contributed by atoms with Crippen LogP contribution in [0.2, 0.25) is 0 Å². The molecule has 126 valence electrons. The zero-order valence-corrected chi connectivity index (χ0v) is 14.3. The molecule has 0 radical (unpaired) electrons. The summed E-state index contributed by atoms with van der Waals surface area (Å²) in [5, 5.41) is 2.91. The first kappa shape index (κ1) is 16.7. The van der Waals surface area contributed by atoms with Gasteiger partial charge in [0.05, 0.1) is 12.7 Å². The van der Waals surface area contributed by atoms with Crippen LogP contribution in [0.25, 0.3) is 11.1 Å². The van der Waals surface area contributed by atoms with E-state index in [1.807, 2.05) is 54.6 Å². The van der Waals surface area contributed by atoms with E-state index in [0.717, 1.165) is 29.0 Å². The molecule has 3 rings (SSSR count). The van der Waals surface area contributed by atoms with Gasteiger partial charge in [0.2, 0.25) is 0 Å². The number of aryl methyl sites for hydroxylation is 1. The van der Waals surface area contributed by atoms with Gasteiger partial charge in [0.1, 0.15) is 5.75 Å². The van der Waals surface area contributed by atoms with E-state index in [9.17, 15) is 4.79 Å². The molecule has 4 nitrogen and oxygen atoms in total. The van der Waals surface area contributed by atoms with E-state index in [0.29, 0.717) is 5.56 Å². The molecule has 0 saturated carbocycles. The van der Waals surface area contributed by atoms with Crippen LogP contribution in [0.15, 0.2) is 67.0 Å². The Kier molecular flexibility index (Phi) is 5.09. The molecular formula is C21H20N2O2. The second kappa shape index (κ2) is 7.62. The van der Waals surface area contributed by atoms with E-state index >= 15 is 0 Å². The third-order valence-corrected chi connectivity index (χ3v) is 4.04. The number of nitrogens with zero attached hydrogens (tertiary/aromatic N) is 1. The van der Waals surface area contributed by atoms with Gasteiger partial charge in [-0.3, -0.25) is 9.78 Å². The van der Waals surface area contributed by atoms with Gasteiger partial charge in [-0.15, -0.1) is 0 Å². The molecule has 1 N–H and O–H groups in total. The number of anilines is 1. The molecule has 1 amide bonds. The number of hydrogen-bond donors (Lipinski definition) is 1. The highest BCUT2D eigenvalue weighted by atomic mass is 16.5. The van der Waals surface area contributed by atoms with Crippen LogP contribution >= 0.6 is 0 Å². The fourth-order valence-electron chi connectivity index (χ4n) is 2.53. The van der Waals surface area contributed by atoms with Gasteiger partial charge in [0.15, 0.2) is 0 Å². The van der Waals surface area contributed by atoms with E-state index in [-0.39, 0.29) is 5.91 Å². The second-order valence-corrected chi connectivity index (χ2v) is 5.70. The molecule has 25 heavy (non-hydrogen) atoms. The van der Waals surface area contributed by atoms with Crippen LogP contribution in [0.1, 0.15) is 22.8 Å². The number of aromatic nitrogens is 1. The summed E-state index contributed by atoms with van der Waals surface area (Å²) in [6.45, 7) is 2.10. The van der Waals surface area contributed by atoms with Crippen LogP contribution < -0.4 is 10.1 Å². The van der Waals surface area contributed by atoms with E-state index in [2.05, 4.69) is 17.2 Å². The zero-order chi connectivity index (χ0) is 17.6. The average molecular weight is 332 g/mol. The van der Waals surface area contributed by atoms with Gasteiger partial charge < -0.3 is 10.1 Å². The maximum Gasteiger partial charge on any atom is 0.257 e. The Morgan fingerprint density at radius 2 is 1.72 bits per heavy atom. The Balaban J connectivity index is 1.78. The van der Waals surface area contributed by atoms with E-state index in [4.69, 9.17) is 4.74 Å². The molecule has 2 aromatic carbocycles.